The smallest absolute Gasteiger partial charge is 0.226 e. The maximum Gasteiger partial charge on any atom is 0.226 e. The molecule has 0 saturated heterocycles. The number of nitrogens with one attached hydrogen (secondary N) is 1. The van der Waals surface area contributed by atoms with Gasteiger partial charge in [-0.3, -0.25) is 4.79 Å². The fourth-order valence-electron chi connectivity index (χ4n) is 3.25. The van der Waals surface area contributed by atoms with Gasteiger partial charge < -0.3 is 10.2 Å². The number of fused-ring (bicyclic) bond motifs is 1. The summed E-state index contributed by atoms with van der Waals surface area (Å²) in [6.07, 6.45) is 0. The molecule has 1 N–H and O–H groups in total. The SMILES string of the molecule is CC(C)C(=O)Nc1cccc(C2CN(C)Cc3c(Cl)cc(Cl)cc32)c1. The van der Waals surface area contributed by atoms with Crippen LogP contribution in [0.15, 0.2) is 36.4 Å². The number of carbonyl (C=O) groups is 1. The normalized spacial score (nSPS) is 17.4. The van der Waals surface area contributed by atoms with Crippen molar-refractivity contribution in [2.45, 2.75) is 26.3 Å². The average Bonchev–Trinajstić information content (AvgIpc) is 2.55. The minimum absolute atomic E-state index is 0.0180. The van der Waals surface area contributed by atoms with Crippen LogP contribution in [0.4, 0.5) is 5.69 Å². The van der Waals surface area contributed by atoms with Crippen LogP contribution in [0.3, 0.4) is 0 Å². The largest absolute Gasteiger partial charge is 0.326 e. The van der Waals surface area contributed by atoms with Gasteiger partial charge in [-0.05, 0) is 48.0 Å². The molecule has 0 radical (unpaired) electrons. The highest BCUT2D eigenvalue weighted by Gasteiger charge is 2.27. The Bertz CT molecular complexity index is 804. The van der Waals surface area contributed by atoms with Gasteiger partial charge >= 0.3 is 0 Å². The van der Waals surface area contributed by atoms with Crippen molar-refractivity contribution in [2.75, 3.05) is 18.9 Å². The first-order valence-electron chi connectivity index (χ1n) is 8.42. The molecular weight excluding hydrogens is 355 g/mol. The molecule has 2 aromatic carbocycles. The van der Waals surface area contributed by atoms with E-state index in [9.17, 15) is 4.79 Å². The number of likely N-dealkylation sites (N-methyl/N-ethyl adjacent to an activating group) is 1. The number of nitrogens with zero attached hydrogens (tertiary/aromatic N) is 1. The van der Waals surface area contributed by atoms with Crippen LogP contribution in [0.5, 0.6) is 0 Å². The van der Waals surface area contributed by atoms with Crippen molar-refractivity contribution in [3.05, 3.63) is 63.1 Å². The molecule has 0 bridgehead atoms. The van der Waals surface area contributed by atoms with Crippen molar-refractivity contribution in [3.8, 4) is 0 Å². The Labute approximate surface area is 158 Å². The predicted octanol–water partition coefficient (Wildman–Crippen LogP) is 5.17. The molecule has 3 rings (SSSR count). The van der Waals surface area contributed by atoms with Crippen molar-refractivity contribution in [2.24, 2.45) is 5.92 Å². The quantitative estimate of drug-likeness (QED) is 0.801. The third-order valence-electron chi connectivity index (χ3n) is 4.57. The summed E-state index contributed by atoms with van der Waals surface area (Å²) in [6, 6.07) is 11.8. The third-order valence-corrected chi connectivity index (χ3v) is 5.13. The second-order valence-corrected chi connectivity index (χ2v) is 7.82. The molecule has 0 saturated carbocycles. The van der Waals surface area contributed by atoms with Crippen molar-refractivity contribution in [1.82, 2.24) is 4.90 Å². The Morgan fingerprint density at radius 1 is 1.24 bits per heavy atom. The standard InChI is InChI=1S/C20H22Cl2N2O/c1-12(2)20(25)23-15-6-4-5-13(7-15)17-10-24(3)11-18-16(17)8-14(21)9-19(18)22/h4-9,12,17H,10-11H2,1-3H3,(H,23,25). The molecule has 0 fully saturated rings. The van der Waals surface area contributed by atoms with Crippen molar-refractivity contribution >= 4 is 34.8 Å². The number of hydrogen-bond donors (Lipinski definition) is 1. The molecule has 1 atom stereocenters. The zero-order valence-electron chi connectivity index (χ0n) is 14.6. The molecule has 25 heavy (non-hydrogen) atoms. The lowest BCUT2D eigenvalue weighted by Gasteiger charge is -2.33. The first-order valence-corrected chi connectivity index (χ1v) is 9.18. The van der Waals surface area contributed by atoms with Crippen LogP contribution in [-0.2, 0) is 11.3 Å². The van der Waals surface area contributed by atoms with Gasteiger partial charge in [0, 0.05) is 40.7 Å². The number of rotatable bonds is 3. The van der Waals surface area contributed by atoms with E-state index in [4.69, 9.17) is 23.2 Å². The molecule has 5 heteroatoms. The van der Waals surface area contributed by atoms with Crippen molar-refractivity contribution in [1.29, 1.82) is 0 Å². The number of halogens is 2. The fraction of sp³-hybridized carbons (Fsp3) is 0.350. The summed E-state index contributed by atoms with van der Waals surface area (Å²) in [4.78, 5) is 14.2. The summed E-state index contributed by atoms with van der Waals surface area (Å²) >= 11 is 12.7. The predicted molar refractivity (Wildman–Crippen MR) is 105 cm³/mol. The highest BCUT2D eigenvalue weighted by molar-refractivity contribution is 6.35. The molecular formula is C20H22Cl2N2O. The van der Waals surface area contributed by atoms with Gasteiger partial charge in [0.2, 0.25) is 5.91 Å². The zero-order chi connectivity index (χ0) is 18.1. The molecule has 0 aromatic heterocycles. The van der Waals surface area contributed by atoms with Gasteiger partial charge in [-0.1, -0.05) is 49.2 Å². The third kappa shape index (κ3) is 4.00. The fourth-order valence-corrected chi connectivity index (χ4v) is 3.82. The van der Waals surface area contributed by atoms with E-state index in [-0.39, 0.29) is 17.7 Å². The Balaban J connectivity index is 1.99. The van der Waals surface area contributed by atoms with E-state index in [1.165, 1.54) is 5.56 Å². The summed E-state index contributed by atoms with van der Waals surface area (Å²) in [7, 11) is 2.09. The highest BCUT2D eigenvalue weighted by Crippen LogP contribution is 2.38. The molecule has 132 valence electrons. The molecule has 3 nitrogen and oxygen atoms in total. The highest BCUT2D eigenvalue weighted by atomic mass is 35.5. The molecule has 1 aliphatic heterocycles. The van der Waals surface area contributed by atoms with Gasteiger partial charge in [-0.15, -0.1) is 0 Å². The van der Waals surface area contributed by atoms with E-state index in [1.54, 1.807) is 6.07 Å². The summed E-state index contributed by atoms with van der Waals surface area (Å²) in [5.74, 6) is 0.132. The molecule has 0 spiro atoms. The first-order chi connectivity index (χ1) is 11.8. The topological polar surface area (TPSA) is 32.3 Å². The minimum Gasteiger partial charge on any atom is -0.326 e. The van der Waals surface area contributed by atoms with E-state index < -0.39 is 0 Å². The van der Waals surface area contributed by atoms with Gasteiger partial charge in [0.05, 0.1) is 0 Å². The van der Waals surface area contributed by atoms with Crippen LogP contribution in [0, 0.1) is 5.92 Å². The molecule has 0 aliphatic carbocycles. The van der Waals surface area contributed by atoms with Crippen LogP contribution in [0.2, 0.25) is 10.0 Å². The molecule has 1 amide bonds. The molecule has 1 heterocycles. The monoisotopic (exact) mass is 376 g/mol. The number of amides is 1. The Morgan fingerprint density at radius 2 is 2.00 bits per heavy atom. The number of carbonyl (C=O) groups excluding carboxylic acids is 1. The Hall–Kier alpha value is -1.55. The minimum atomic E-state index is -0.0530. The van der Waals surface area contributed by atoms with E-state index in [0.717, 1.165) is 29.9 Å². The second-order valence-electron chi connectivity index (χ2n) is 6.97. The summed E-state index contributed by atoms with van der Waals surface area (Å²) in [5, 5.41) is 4.34. The lowest BCUT2D eigenvalue weighted by atomic mass is 9.84. The van der Waals surface area contributed by atoms with E-state index in [0.29, 0.717) is 10.0 Å². The number of benzene rings is 2. The van der Waals surface area contributed by atoms with Gasteiger partial charge in [0.15, 0.2) is 0 Å². The summed E-state index contributed by atoms with van der Waals surface area (Å²) in [6.45, 7) is 5.46. The number of anilines is 1. The first kappa shape index (κ1) is 18.2. The van der Waals surface area contributed by atoms with Crippen LogP contribution >= 0.6 is 23.2 Å². The number of hydrogen-bond acceptors (Lipinski definition) is 2. The maximum atomic E-state index is 12.0. The lowest BCUT2D eigenvalue weighted by molar-refractivity contribution is -0.118. The van der Waals surface area contributed by atoms with Crippen LogP contribution < -0.4 is 5.32 Å². The van der Waals surface area contributed by atoms with Crippen molar-refractivity contribution in [3.63, 3.8) is 0 Å². The average molecular weight is 377 g/mol. The van der Waals surface area contributed by atoms with Crippen molar-refractivity contribution < 1.29 is 4.79 Å². The van der Waals surface area contributed by atoms with Gasteiger partial charge in [-0.2, -0.15) is 0 Å². The van der Waals surface area contributed by atoms with E-state index >= 15 is 0 Å². The molecule has 1 unspecified atom stereocenters. The maximum absolute atomic E-state index is 12.0. The Kier molecular flexibility index (Phi) is 5.38. The second kappa shape index (κ2) is 7.36. The van der Waals surface area contributed by atoms with E-state index in [2.05, 4.69) is 23.3 Å². The van der Waals surface area contributed by atoms with Crippen LogP contribution in [0.1, 0.15) is 36.5 Å². The molecule has 2 aromatic rings. The Morgan fingerprint density at radius 3 is 2.72 bits per heavy atom. The van der Waals surface area contributed by atoms with Gasteiger partial charge in [0.1, 0.15) is 0 Å². The zero-order valence-corrected chi connectivity index (χ0v) is 16.2. The summed E-state index contributed by atoms with van der Waals surface area (Å²) in [5.41, 5.74) is 4.26. The molecule has 1 aliphatic rings. The summed E-state index contributed by atoms with van der Waals surface area (Å²) < 4.78 is 0. The van der Waals surface area contributed by atoms with E-state index in [1.807, 2.05) is 38.1 Å². The van der Waals surface area contributed by atoms with Gasteiger partial charge in [0.25, 0.3) is 0 Å². The lowest BCUT2D eigenvalue weighted by Crippen LogP contribution is -2.31. The van der Waals surface area contributed by atoms with Gasteiger partial charge in [-0.25, -0.2) is 0 Å². The van der Waals surface area contributed by atoms with Crippen LogP contribution in [0.25, 0.3) is 0 Å². The van der Waals surface area contributed by atoms with Crippen LogP contribution in [-0.4, -0.2) is 24.4 Å².